The molecule has 1 aromatic heterocycles. The summed E-state index contributed by atoms with van der Waals surface area (Å²) >= 11 is 0. The lowest BCUT2D eigenvalue weighted by Crippen LogP contribution is -2.45. The van der Waals surface area contributed by atoms with E-state index in [1.807, 2.05) is 30.3 Å². The Morgan fingerprint density at radius 3 is 2.32 bits per heavy atom. The summed E-state index contributed by atoms with van der Waals surface area (Å²) in [6.07, 6.45) is 1.15. The van der Waals surface area contributed by atoms with E-state index in [9.17, 15) is 4.39 Å². The zero-order valence-electron chi connectivity index (χ0n) is 20.9. The van der Waals surface area contributed by atoms with Gasteiger partial charge in [0.2, 0.25) is 5.95 Å². The lowest BCUT2D eigenvalue weighted by molar-refractivity contribution is 0.171. The van der Waals surface area contributed by atoms with Crippen LogP contribution in [0.3, 0.4) is 0 Å². The minimum absolute atomic E-state index is 0.0994. The molecule has 0 saturated carbocycles. The first-order valence-electron chi connectivity index (χ1n) is 12.8. The van der Waals surface area contributed by atoms with E-state index in [4.69, 9.17) is 9.47 Å². The van der Waals surface area contributed by atoms with Crippen molar-refractivity contribution >= 4 is 28.8 Å². The molecule has 1 fully saturated rings. The second kappa shape index (κ2) is 10.9. The molecule has 0 radical (unpaired) electrons. The first-order valence-corrected chi connectivity index (χ1v) is 12.8. The highest BCUT2D eigenvalue weighted by Crippen LogP contribution is 2.33. The third-order valence-electron chi connectivity index (χ3n) is 6.66. The molecule has 0 spiro atoms. The molecule has 0 atom stereocenters. The predicted molar refractivity (Wildman–Crippen MR) is 146 cm³/mol. The van der Waals surface area contributed by atoms with Crippen molar-refractivity contribution in [1.29, 1.82) is 0 Å². The number of nitrogens with zero attached hydrogens (tertiary/aromatic N) is 4. The zero-order chi connectivity index (χ0) is 25.7. The fraction of sp³-hybridized carbons (Fsp3) is 0.241. The molecule has 0 unspecified atom stereocenters. The SMILES string of the molecule is Fc1cnc(Nc2ccc3c(c2)OCCO3)nc1Nc1ccc(N2CCN(Cc3ccccc3)CC2)cc1. The van der Waals surface area contributed by atoms with Crippen molar-refractivity contribution in [3.05, 3.63) is 90.4 Å². The molecule has 38 heavy (non-hydrogen) atoms. The maximum atomic E-state index is 14.5. The van der Waals surface area contributed by atoms with Gasteiger partial charge in [-0.2, -0.15) is 4.98 Å². The van der Waals surface area contributed by atoms with Gasteiger partial charge in [0.25, 0.3) is 0 Å². The molecule has 0 amide bonds. The van der Waals surface area contributed by atoms with Crippen LogP contribution in [0.2, 0.25) is 0 Å². The first kappa shape index (κ1) is 24.0. The largest absolute Gasteiger partial charge is 0.486 e. The van der Waals surface area contributed by atoms with Crippen LogP contribution >= 0.6 is 0 Å². The Morgan fingerprint density at radius 1 is 0.789 bits per heavy atom. The van der Waals surface area contributed by atoms with Crippen molar-refractivity contribution in [3.63, 3.8) is 0 Å². The van der Waals surface area contributed by atoms with Crippen molar-refractivity contribution in [2.45, 2.75) is 6.54 Å². The van der Waals surface area contributed by atoms with Crippen LogP contribution in [0, 0.1) is 5.82 Å². The highest BCUT2D eigenvalue weighted by atomic mass is 19.1. The number of ether oxygens (including phenoxy) is 2. The number of benzene rings is 3. The average Bonchev–Trinajstić information content (AvgIpc) is 2.96. The Kier molecular flexibility index (Phi) is 6.91. The fourth-order valence-electron chi connectivity index (χ4n) is 4.66. The Labute approximate surface area is 221 Å². The minimum Gasteiger partial charge on any atom is -0.486 e. The van der Waals surface area contributed by atoms with Crippen LogP contribution in [0.15, 0.2) is 79.0 Å². The number of hydrogen-bond donors (Lipinski definition) is 2. The highest BCUT2D eigenvalue weighted by Gasteiger charge is 2.18. The number of nitrogens with one attached hydrogen (secondary N) is 2. The van der Waals surface area contributed by atoms with Gasteiger partial charge in [0.05, 0.1) is 6.20 Å². The monoisotopic (exact) mass is 512 g/mol. The van der Waals surface area contributed by atoms with Crippen LogP contribution in [0.5, 0.6) is 11.5 Å². The van der Waals surface area contributed by atoms with Crippen molar-refractivity contribution in [2.24, 2.45) is 0 Å². The fourth-order valence-corrected chi connectivity index (χ4v) is 4.66. The Bertz CT molecular complexity index is 1380. The second-order valence-corrected chi connectivity index (χ2v) is 9.29. The van der Waals surface area contributed by atoms with Gasteiger partial charge >= 0.3 is 0 Å². The van der Waals surface area contributed by atoms with E-state index in [1.165, 1.54) is 5.56 Å². The number of aromatic nitrogens is 2. The van der Waals surface area contributed by atoms with Gasteiger partial charge in [-0.3, -0.25) is 4.90 Å². The summed E-state index contributed by atoms with van der Waals surface area (Å²) in [5, 5.41) is 6.18. The predicted octanol–water partition coefficient (Wildman–Crippen LogP) is 5.20. The summed E-state index contributed by atoms with van der Waals surface area (Å²) in [6, 6.07) is 24.1. The minimum atomic E-state index is -0.531. The molecular formula is C29H29FN6O2. The van der Waals surface area contributed by atoms with E-state index in [1.54, 1.807) is 0 Å². The first-order chi connectivity index (χ1) is 18.7. The highest BCUT2D eigenvalue weighted by molar-refractivity contribution is 5.64. The normalized spacial score (nSPS) is 15.2. The van der Waals surface area contributed by atoms with E-state index >= 15 is 0 Å². The molecule has 8 nitrogen and oxygen atoms in total. The Morgan fingerprint density at radius 2 is 1.53 bits per heavy atom. The summed E-state index contributed by atoms with van der Waals surface area (Å²) in [4.78, 5) is 13.3. The molecule has 0 aliphatic carbocycles. The molecule has 2 N–H and O–H groups in total. The van der Waals surface area contributed by atoms with E-state index < -0.39 is 5.82 Å². The zero-order valence-corrected chi connectivity index (χ0v) is 20.9. The van der Waals surface area contributed by atoms with Gasteiger partial charge in [0, 0.05) is 55.9 Å². The Hall–Kier alpha value is -4.37. The van der Waals surface area contributed by atoms with E-state index in [-0.39, 0.29) is 11.8 Å². The van der Waals surface area contributed by atoms with Gasteiger partial charge in [-0.1, -0.05) is 30.3 Å². The van der Waals surface area contributed by atoms with Crippen LogP contribution in [0.1, 0.15) is 5.56 Å². The second-order valence-electron chi connectivity index (χ2n) is 9.29. The van der Waals surface area contributed by atoms with Gasteiger partial charge in [-0.15, -0.1) is 0 Å². The number of halogens is 1. The smallest absolute Gasteiger partial charge is 0.229 e. The molecule has 4 aromatic rings. The molecule has 9 heteroatoms. The van der Waals surface area contributed by atoms with Gasteiger partial charge in [0.15, 0.2) is 23.1 Å². The molecule has 2 aliphatic heterocycles. The number of piperazine rings is 1. The summed E-state index contributed by atoms with van der Waals surface area (Å²) in [5.74, 6) is 1.19. The number of fused-ring (bicyclic) bond motifs is 1. The van der Waals surface area contributed by atoms with Gasteiger partial charge in [-0.05, 0) is 42.0 Å². The molecule has 2 aliphatic rings. The molecule has 3 heterocycles. The van der Waals surface area contributed by atoms with Crippen molar-refractivity contribution < 1.29 is 13.9 Å². The summed E-state index contributed by atoms with van der Waals surface area (Å²) < 4.78 is 25.7. The van der Waals surface area contributed by atoms with Crippen LogP contribution in [-0.4, -0.2) is 54.3 Å². The molecule has 194 valence electrons. The standard InChI is InChI=1S/C29H29FN6O2/c30-25-19-31-29(33-23-8-11-26-27(18-23)38-17-16-37-26)34-28(25)32-22-6-9-24(10-7-22)36-14-12-35(13-15-36)20-21-4-2-1-3-5-21/h1-11,18-19H,12-17,20H2,(H2,31,32,33,34). The van der Waals surface area contributed by atoms with E-state index in [0.29, 0.717) is 24.7 Å². The Balaban J connectivity index is 1.07. The maximum absolute atomic E-state index is 14.5. The van der Waals surface area contributed by atoms with Crippen LogP contribution in [0.25, 0.3) is 0 Å². The van der Waals surface area contributed by atoms with Crippen LogP contribution < -0.4 is 25.0 Å². The lowest BCUT2D eigenvalue weighted by Gasteiger charge is -2.36. The quantitative estimate of drug-likeness (QED) is 0.350. The third kappa shape index (κ3) is 5.63. The summed E-state index contributed by atoms with van der Waals surface area (Å²) in [5.41, 5.74) is 3.97. The average molecular weight is 513 g/mol. The molecule has 6 rings (SSSR count). The van der Waals surface area contributed by atoms with Crippen LogP contribution in [-0.2, 0) is 6.54 Å². The van der Waals surface area contributed by atoms with Gasteiger partial charge < -0.3 is 25.0 Å². The number of anilines is 5. The van der Waals surface area contributed by atoms with E-state index in [2.05, 4.69) is 72.9 Å². The number of hydrogen-bond acceptors (Lipinski definition) is 8. The summed E-state index contributed by atoms with van der Waals surface area (Å²) in [6.45, 7) is 5.97. The third-order valence-corrected chi connectivity index (χ3v) is 6.66. The topological polar surface area (TPSA) is 74.8 Å². The lowest BCUT2D eigenvalue weighted by atomic mass is 10.2. The van der Waals surface area contributed by atoms with Gasteiger partial charge in [-0.25, -0.2) is 9.37 Å². The molecule has 1 saturated heterocycles. The number of rotatable bonds is 7. The molecular weight excluding hydrogens is 483 g/mol. The molecule has 0 bridgehead atoms. The van der Waals surface area contributed by atoms with Crippen LogP contribution in [0.4, 0.5) is 33.2 Å². The van der Waals surface area contributed by atoms with E-state index in [0.717, 1.165) is 56.0 Å². The summed E-state index contributed by atoms with van der Waals surface area (Å²) in [7, 11) is 0. The van der Waals surface area contributed by atoms with Crippen molar-refractivity contribution in [3.8, 4) is 11.5 Å². The van der Waals surface area contributed by atoms with Crippen molar-refractivity contribution in [1.82, 2.24) is 14.9 Å². The maximum Gasteiger partial charge on any atom is 0.229 e. The molecule has 3 aromatic carbocycles. The van der Waals surface area contributed by atoms with Crippen molar-refractivity contribution in [2.75, 3.05) is 54.9 Å². The van der Waals surface area contributed by atoms with Gasteiger partial charge in [0.1, 0.15) is 13.2 Å².